The molecular formula is C9H7NO2S. The summed E-state index contributed by atoms with van der Waals surface area (Å²) in [6.07, 6.45) is 0. The Hall–Kier alpha value is -1.55. The van der Waals surface area contributed by atoms with E-state index in [1.165, 1.54) is 0 Å². The smallest absolute Gasteiger partial charge is 0.238 e. The number of aromatic amines is 1. The van der Waals surface area contributed by atoms with Gasteiger partial charge in [-0.2, -0.15) is 8.42 Å². The number of para-hydroxylation sites is 1. The maximum atomic E-state index is 10.6. The van der Waals surface area contributed by atoms with Gasteiger partial charge in [-0.1, -0.05) is 18.2 Å². The van der Waals surface area contributed by atoms with E-state index in [1.54, 1.807) is 12.1 Å². The first-order valence-electron chi connectivity index (χ1n) is 3.78. The SMILES string of the molecule is O=S(=O)=c1ccc2ccccc2[nH]1. The molecule has 0 aliphatic carbocycles. The zero-order valence-corrected chi connectivity index (χ0v) is 7.51. The van der Waals surface area contributed by atoms with Crippen LogP contribution in [0.4, 0.5) is 0 Å². The molecule has 4 heteroatoms. The Morgan fingerprint density at radius 2 is 1.77 bits per heavy atom. The zero-order chi connectivity index (χ0) is 9.26. The largest absolute Gasteiger partial charge is 0.342 e. The molecule has 13 heavy (non-hydrogen) atoms. The summed E-state index contributed by atoms with van der Waals surface area (Å²) in [5.74, 6) is 0. The lowest BCUT2D eigenvalue weighted by Crippen LogP contribution is -1.80. The molecule has 0 radical (unpaired) electrons. The highest BCUT2D eigenvalue weighted by Crippen LogP contribution is 2.08. The van der Waals surface area contributed by atoms with Crippen LogP contribution in [0.25, 0.3) is 10.9 Å². The van der Waals surface area contributed by atoms with Crippen LogP contribution in [0.1, 0.15) is 0 Å². The molecule has 1 aromatic heterocycles. The van der Waals surface area contributed by atoms with E-state index in [1.807, 2.05) is 24.3 Å². The fourth-order valence-corrected chi connectivity index (χ4v) is 1.57. The summed E-state index contributed by atoms with van der Waals surface area (Å²) in [6, 6.07) is 10.8. The van der Waals surface area contributed by atoms with E-state index in [9.17, 15) is 8.42 Å². The van der Waals surface area contributed by atoms with Crippen LogP contribution in [0.5, 0.6) is 0 Å². The van der Waals surface area contributed by atoms with Gasteiger partial charge in [0.1, 0.15) is 0 Å². The first-order valence-corrected chi connectivity index (χ1v) is 4.85. The van der Waals surface area contributed by atoms with E-state index in [0.29, 0.717) is 0 Å². The van der Waals surface area contributed by atoms with Crippen LogP contribution in [0, 0.1) is 4.64 Å². The predicted octanol–water partition coefficient (Wildman–Crippen LogP) is 1.58. The molecule has 0 aliphatic rings. The highest BCUT2D eigenvalue weighted by atomic mass is 32.2. The van der Waals surface area contributed by atoms with Crippen molar-refractivity contribution in [2.24, 2.45) is 0 Å². The minimum atomic E-state index is -2.19. The molecule has 0 saturated carbocycles. The number of hydrogen-bond acceptors (Lipinski definition) is 2. The maximum Gasteiger partial charge on any atom is 0.238 e. The van der Waals surface area contributed by atoms with Gasteiger partial charge in [-0.05, 0) is 23.6 Å². The van der Waals surface area contributed by atoms with Crippen LogP contribution < -0.4 is 0 Å². The molecule has 0 atom stereocenters. The zero-order valence-electron chi connectivity index (χ0n) is 6.69. The second kappa shape index (κ2) is 3.06. The van der Waals surface area contributed by atoms with Gasteiger partial charge in [0.25, 0.3) is 0 Å². The van der Waals surface area contributed by atoms with Crippen molar-refractivity contribution in [3.63, 3.8) is 0 Å². The molecule has 66 valence electrons. The molecule has 0 unspecified atom stereocenters. The number of fused-ring (bicyclic) bond motifs is 1. The molecule has 0 spiro atoms. The summed E-state index contributed by atoms with van der Waals surface area (Å²) in [5.41, 5.74) is 0.823. The van der Waals surface area contributed by atoms with Crippen molar-refractivity contribution < 1.29 is 8.42 Å². The third kappa shape index (κ3) is 1.48. The summed E-state index contributed by atoms with van der Waals surface area (Å²) in [4.78, 5) is 2.81. The van der Waals surface area contributed by atoms with Gasteiger partial charge in [0.05, 0.1) is 0 Å². The Morgan fingerprint density at radius 1 is 1.00 bits per heavy atom. The molecule has 3 nitrogen and oxygen atoms in total. The molecule has 1 heterocycles. The van der Waals surface area contributed by atoms with Crippen LogP contribution in [-0.4, -0.2) is 13.4 Å². The molecule has 2 aromatic rings. The van der Waals surface area contributed by atoms with Gasteiger partial charge >= 0.3 is 0 Å². The number of H-pyrrole nitrogens is 1. The predicted molar refractivity (Wildman–Crippen MR) is 50.5 cm³/mol. The van der Waals surface area contributed by atoms with Crippen molar-refractivity contribution in [3.05, 3.63) is 41.0 Å². The van der Waals surface area contributed by atoms with E-state index < -0.39 is 10.3 Å². The summed E-state index contributed by atoms with van der Waals surface area (Å²) >= 11 is 0. The van der Waals surface area contributed by atoms with Gasteiger partial charge in [0.2, 0.25) is 10.3 Å². The van der Waals surface area contributed by atoms with Crippen molar-refractivity contribution in [1.82, 2.24) is 4.98 Å². The van der Waals surface area contributed by atoms with Gasteiger partial charge in [0, 0.05) is 5.52 Å². The third-order valence-corrected chi connectivity index (χ3v) is 2.41. The average Bonchev–Trinajstić information content (AvgIpc) is 2.17. The first-order chi connectivity index (χ1) is 6.27. The van der Waals surface area contributed by atoms with E-state index in [2.05, 4.69) is 4.98 Å². The molecule has 1 N–H and O–H groups in total. The molecule has 1 aromatic carbocycles. The van der Waals surface area contributed by atoms with Gasteiger partial charge in [0.15, 0.2) is 4.64 Å². The minimum Gasteiger partial charge on any atom is -0.342 e. The monoisotopic (exact) mass is 193 g/mol. The van der Waals surface area contributed by atoms with Crippen molar-refractivity contribution >= 4 is 21.2 Å². The van der Waals surface area contributed by atoms with E-state index in [4.69, 9.17) is 0 Å². The summed E-state index contributed by atoms with van der Waals surface area (Å²) < 4.78 is 21.4. The quantitative estimate of drug-likeness (QED) is 0.646. The molecule has 0 saturated heterocycles. The van der Waals surface area contributed by atoms with Gasteiger partial charge in [-0.25, -0.2) is 0 Å². The number of pyridine rings is 1. The lowest BCUT2D eigenvalue weighted by Gasteiger charge is -1.94. The normalized spacial score (nSPS) is 10.2. The Bertz CT molecular complexity index is 603. The third-order valence-electron chi connectivity index (χ3n) is 1.81. The standard InChI is InChI=1S/C9H7NO2S/c11-13(12)9-6-5-7-3-1-2-4-8(7)10-9/h1-6,10H. The Labute approximate surface area is 76.2 Å². The van der Waals surface area contributed by atoms with Crippen LogP contribution in [-0.2, 0) is 10.3 Å². The van der Waals surface area contributed by atoms with E-state index in [-0.39, 0.29) is 4.64 Å². The molecule has 0 fully saturated rings. The Morgan fingerprint density at radius 3 is 2.54 bits per heavy atom. The maximum absolute atomic E-state index is 10.6. The van der Waals surface area contributed by atoms with E-state index >= 15 is 0 Å². The highest BCUT2D eigenvalue weighted by Gasteiger charge is 1.90. The van der Waals surface area contributed by atoms with Gasteiger partial charge < -0.3 is 4.98 Å². The summed E-state index contributed by atoms with van der Waals surface area (Å²) in [5, 5.41) is 0.997. The number of hydrogen-bond donors (Lipinski definition) is 1. The van der Waals surface area contributed by atoms with Crippen LogP contribution in [0.15, 0.2) is 36.4 Å². The lowest BCUT2D eigenvalue weighted by atomic mass is 10.2. The fraction of sp³-hybridized carbons (Fsp3) is 0. The fourth-order valence-electron chi connectivity index (χ4n) is 1.19. The van der Waals surface area contributed by atoms with Crippen molar-refractivity contribution in [2.45, 2.75) is 0 Å². The molecule has 2 rings (SSSR count). The number of benzene rings is 1. The highest BCUT2D eigenvalue weighted by molar-refractivity contribution is 7.63. The number of rotatable bonds is 0. The molecule has 0 amide bonds. The van der Waals surface area contributed by atoms with Crippen LogP contribution in [0.3, 0.4) is 0 Å². The van der Waals surface area contributed by atoms with Crippen molar-refractivity contribution in [3.8, 4) is 0 Å². The molecule has 0 bridgehead atoms. The second-order valence-electron chi connectivity index (χ2n) is 2.64. The summed E-state index contributed by atoms with van der Waals surface area (Å²) in [7, 11) is -2.19. The summed E-state index contributed by atoms with van der Waals surface area (Å²) in [6.45, 7) is 0. The van der Waals surface area contributed by atoms with Crippen molar-refractivity contribution in [1.29, 1.82) is 0 Å². The molecule has 0 aliphatic heterocycles. The van der Waals surface area contributed by atoms with Crippen LogP contribution in [0.2, 0.25) is 0 Å². The Kier molecular flexibility index (Phi) is 1.90. The second-order valence-corrected chi connectivity index (χ2v) is 3.55. The van der Waals surface area contributed by atoms with Gasteiger partial charge in [-0.15, -0.1) is 0 Å². The topological polar surface area (TPSA) is 49.9 Å². The van der Waals surface area contributed by atoms with Crippen molar-refractivity contribution in [2.75, 3.05) is 0 Å². The lowest BCUT2D eigenvalue weighted by molar-refractivity contribution is 0.624. The van der Waals surface area contributed by atoms with Gasteiger partial charge in [-0.3, -0.25) is 0 Å². The number of aromatic nitrogens is 1. The number of nitrogens with one attached hydrogen (secondary N) is 1. The van der Waals surface area contributed by atoms with E-state index in [0.717, 1.165) is 10.9 Å². The average molecular weight is 193 g/mol. The first kappa shape index (κ1) is 8.07. The minimum absolute atomic E-state index is 0.207. The molecular weight excluding hydrogens is 186 g/mol. The van der Waals surface area contributed by atoms with Crippen LogP contribution >= 0.6 is 0 Å². The Balaban J connectivity index is 3.01.